The first-order valence-electron chi connectivity index (χ1n) is 6.17. The number of halogens is 2. The van der Waals surface area contributed by atoms with Crippen molar-refractivity contribution in [3.8, 4) is 0 Å². The Bertz CT molecular complexity index is 722. The van der Waals surface area contributed by atoms with E-state index in [4.69, 9.17) is 9.47 Å². The highest BCUT2D eigenvalue weighted by Crippen LogP contribution is 2.34. The highest BCUT2D eigenvalue weighted by Gasteiger charge is 2.39. The van der Waals surface area contributed by atoms with Gasteiger partial charge in [-0.2, -0.15) is 0 Å². The highest BCUT2D eigenvalue weighted by molar-refractivity contribution is 9.11. The maximum atomic E-state index is 11.8. The lowest BCUT2D eigenvalue weighted by atomic mass is 10.2. The molecule has 1 fully saturated rings. The average Bonchev–Trinajstić information content (AvgIpc) is 2.39. The van der Waals surface area contributed by atoms with E-state index in [0.29, 0.717) is 10.2 Å². The summed E-state index contributed by atoms with van der Waals surface area (Å²) in [4.78, 5) is 33.9. The maximum absolute atomic E-state index is 11.8. The van der Waals surface area contributed by atoms with Crippen LogP contribution in [-0.2, 0) is 19.1 Å². The number of carbonyl (C=O) groups is 2. The molecule has 23 heavy (non-hydrogen) atoms. The van der Waals surface area contributed by atoms with Gasteiger partial charge in [0, 0.05) is 30.6 Å². The van der Waals surface area contributed by atoms with Gasteiger partial charge in [0.25, 0.3) is 11.5 Å². The van der Waals surface area contributed by atoms with E-state index in [2.05, 4.69) is 37.2 Å². The van der Waals surface area contributed by atoms with Gasteiger partial charge in [-0.25, -0.2) is 9.59 Å². The quantitative estimate of drug-likeness (QED) is 0.248. The second kappa shape index (κ2) is 6.28. The van der Waals surface area contributed by atoms with Crippen LogP contribution in [0, 0.1) is 10.1 Å². The highest BCUT2D eigenvalue weighted by atomic mass is 79.9. The summed E-state index contributed by atoms with van der Waals surface area (Å²) in [6.45, 7) is 2.88. The van der Waals surface area contributed by atoms with Crippen LogP contribution < -0.4 is 5.32 Å². The fourth-order valence-corrected chi connectivity index (χ4v) is 2.65. The Morgan fingerprint density at radius 2 is 1.74 bits per heavy atom. The first-order valence-corrected chi connectivity index (χ1v) is 7.76. The Morgan fingerprint density at radius 3 is 2.26 bits per heavy atom. The summed E-state index contributed by atoms with van der Waals surface area (Å²) >= 11 is 6.25. The molecule has 1 heterocycles. The Hall–Kier alpha value is -1.94. The van der Waals surface area contributed by atoms with E-state index in [1.54, 1.807) is 0 Å². The van der Waals surface area contributed by atoms with Gasteiger partial charge in [0.05, 0.1) is 15.1 Å². The van der Waals surface area contributed by atoms with Gasteiger partial charge in [-0.15, -0.1) is 0 Å². The van der Waals surface area contributed by atoms with Crippen LogP contribution in [0.4, 0.5) is 11.4 Å². The summed E-state index contributed by atoms with van der Waals surface area (Å²) in [5.41, 5.74) is -0.0422. The largest absolute Gasteiger partial charge is 0.419 e. The lowest BCUT2D eigenvalue weighted by molar-refractivity contribution is -0.385. The van der Waals surface area contributed by atoms with Crippen molar-refractivity contribution in [3.63, 3.8) is 0 Å². The molecule has 0 aliphatic carbocycles. The Balaban J connectivity index is 2.27. The number of nitrogens with zero attached hydrogens (tertiary/aromatic N) is 1. The van der Waals surface area contributed by atoms with Crippen LogP contribution in [0.1, 0.15) is 13.8 Å². The van der Waals surface area contributed by atoms with Gasteiger partial charge in [-0.1, -0.05) is 0 Å². The third-order valence-corrected chi connectivity index (χ3v) is 4.01. The molecule has 1 aromatic carbocycles. The molecule has 0 spiro atoms. The number of benzene rings is 1. The van der Waals surface area contributed by atoms with Crippen molar-refractivity contribution < 1.29 is 24.0 Å². The zero-order valence-electron chi connectivity index (χ0n) is 11.9. The van der Waals surface area contributed by atoms with E-state index in [0.717, 1.165) is 6.20 Å². The number of hydrogen-bond acceptors (Lipinski definition) is 7. The van der Waals surface area contributed by atoms with Crippen molar-refractivity contribution >= 4 is 55.2 Å². The predicted molar refractivity (Wildman–Crippen MR) is 86.5 cm³/mol. The minimum absolute atomic E-state index is 0.131. The third kappa shape index (κ3) is 3.88. The van der Waals surface area contributed by atoms with E-state index < -0.39 is 22.6 Å². The van der Waals surface area contributed by atoms with Crippen LogP contribution in [0.3, 0.4) is 0 Å². The minimum atomic E-state index is -1.32. The van der Waals surface area contributed by atoms with Gasteiger partial charge in [0.2, 0.25) is 0 Å². The van der Waals surface area contributed by atoms with Crippen molar-refractivity contribution in [1.82, 2.24) is 0 Å². The fourth-order valence-electron chi connectivity index (χ4n) is 1.72. The number of esters is 2. The lowest BCUT2D eigenvalue weighted by Crippen LogP contribution is -2.42. The second-order valence-electron chi connectivity index (χ2n) is 4.92. The molecule has 0 saturated carbocycles. The smallest absolute Gasteiger partial charge is 0.350 e. The summed E-state index contributed by atoms with van der Waals surface area (Å²) in [6, 6.07) is 2.72. The zero-order valence-corrected chi connectivity index (χ0v) is 15.1. The van der Waals surface area contributed by atoms with Gasteiger partial charge in [0.15, 0.2) is 5.57 Å². The van der Waals surface area contributed by atoms with Gasteiger partial charge in [0.1, 0.15) is 0 Å². The Kier molecular flexibility index (Phi) is 4.76. The van der Waals surface area contributed by atoms with Gasteiger partial charge in [-0.05, 0) is 37.9 Å². The Morgan fingerprint density at radius 1 is 1.17 bits per heavy atom. The molecule has 1 aromatic rings. The summed E-state index contributed by atoms with van der Waals surface area (Å²) in [6.07, 6.45) is 1.12. The first kappa shape index (κ1) is 17.4. The molecule has 0 aromatic heterocycles. The number of nitrogens with one attached hydrogen (secondary N) is 1. The van der Waals surface area contributed by atoms with E-state index in [-0.39, 0.29) is 15.7 Å². The standard InChI is InChI=1S/C13H10Br2N2O6/c1-13(2)22-11(18)6(12(19)23-13)5-16-9-3-8(15)10(17(20)21)4-7(9)14/h3-5,16H,1-2H3. The van der Waals surface area contributed by atoms with Crippen LogP contribution in [0.25, 0.3) is 0 Å². The number of nitro benzene ring substituents is 1. The van der Waals surface area contributed by atoms with Crippen molar-refractivity contribution in [2.24, 2.45) is 0 Å². The molecule has 1 aliphatic rings. The van der Waals surface area contributed by atoms with Crippen LogP contribution in [0.2, 0.25) is 0 Å². The molecule has 8 nitrogen and oxygen atoms in total. The number of anilines is 1. The fraction of sp³-hybridized carbons (Fsp3) is 0.231. The lowest BCUT2D eigenvalue weighted by Gasteiger charge is -2.29. The SMILES string of the molecule is CC1(C)OC(=O)C(=CNc2cc(Br)c([N+](=O)[O-])cc2Br)C(=O)O1. The molecule has 0 bridgehead atoms. The summed E-state index contributed by atoms with van der Waals surface area (Å²) in [7, 11) is 0. The molecule has 2 rings (SSSR count). The number of rotatable bonds is 3. The molecule has 1 saturated heterocycles. The molecule has 0 atom stereocenters. The van der Waals surface area contributed by atoms with Gasteiger partial charge in [-0.3, -0.25) is 10.1 Å². The number of nitro groups is 1. The average molecular weight is 450 g/mol. The second-order valence-corrected chi connectivity index (χ2v) is 6.63. The Labute approximate surface area is 147 Å². The van der Waals surface area contributed by atoms with Crippen molar-refractivity contribution in [1.29, 1.82) is 0 Å². The van der Waals surface area contributed by atoms with Gasteiger partial charge < -0.3 is 14.8 Å². The summed E-state index contributed by atoms with van der Waals surface area (Å²) in [5, 5.41) is 13.6. The van der Waals surface area contributed by atoms with Crippen LogP contribution in [0.15, 0.2) is 32.9 Å². The molecule has 0 unspecified atom stereocenters. The number of hydrogen-bond donors (Lipinski definition) is 1. The normalized spacial score (nSPS) is 16.4. The topological polar surface area (TPSA) is 108 Å². The van der Waals surface area contributed by atoms with Crippen molar-refractivity contribution in [2.45, 2.75) is 19.6 Å². The third-order valence-electron chi connectivity index (χ3n) is 2.72. The van der Waals surface area contributed by atoms with Crippen LogP contribution in [0.5, 0.6) is 0 Å². The van der Waals surface area contributed by atoms with E-state index >= 15 is 0 Å². The van der Waals surface area contributed by atoms with Crippen LogP contribution in [-0.4, -0.2) is 22.6 Å². The number of cyclic esters (lactones) is 2. The molecule has 1 N–H and O–H groups in total. The predicted octanol–water partition coefficient (Wildman–Crippen LogP) is 3.25. The number of carbonyl (C=O) groups excluding carboxylic acids is 2. The van der Waals surface area contributed by atoms with Gasteiger partial charge >= 0.3 is 11.9 Å². The zero-order chi connectivity index (χ0) is 17.4. The summed E-state index contributed by atoms with van der Waals surface area (Å²) in [5.74, 6) is -2.96. The molecule has 1 aliphatic heterocycles. The molecule has 122 valence electrons. The summed E-state index contributed by atoms with van der Waals surface area (Å²) < 4.78 is 10.5. The monoisotopic (exact) mass is 448 g/mol. The van der Waals surface area contributed by atoms with Crippen molar-refractivity contribution in [3.05, 3.63) is 43.0 Å². The molecule has 0 amide bonds. The number of ether oxygens (including phenoxy) is 2. The minimum Gasteiger partial charge on any atom is -0.419 e. The van der Waals surface area contributed by atoms with E-state index in [9.17, 15) is 19.7 Å². The van der Waals surface area contributed by atoms with Crippen molar-refractivity contribution in [2.75, 3.05) is 5.32 Å². The van der Waals surface area contributed by atoms with E-state index in [1.165, 1.54) is 26.0 Å². The maximum Gasteiger partial charge on any atom is 0.350 e. The van der Waals surface area contributed by atoms with Crippen LogP contribution >= 0.6 is 31.9 Å². The molecule has 0 radical (unpaired) electrons. The molecular weight excluding hydrogens is 440 g/mol. The molecule has 10 heteroatoms. The molecular formula is C13H10Br2N2O6. The first-order chi connectivity index (χ1) is 10.6. The van der Waals surface area contributed by atoms with E-state index in [1.807, 2.05) is 0 Å².